The number of halogens is 5. The van der Waals surface area contributed by atoms with Gasteiger partial charge >= 0.3 is 12.1 Å². The fourth-order valence-electron chi connectivity index (χ4n) is 2.27. The van der Waals surface area contributed by atoms with Crippen LogP contribution in [0.3, 0.4) is 0 Å². The average molecular weight is 404 g/mol. The summed E-state index contributed by atoms with van der Waals surface area (Å²) in [6.45, 7) is 1.78. The Morgan fingerprint density at radius 1 is 1.15 bits per heavy atom. The zero-order valence-electron chi connectivity index (χ0n) is 13.1. The Morgan fingerprint density at radius 3 is 2.35 bits per heavy atom. The molecule has 0 bridgehead atoms. The Morgan fingerprint density at radius 2 is 1.77 bits per heavy atom. The second-order valence-electron chi connectivity index (χ2n) is 5.27. The minimum atomic E-state index is -5.21. The number of carbonyl (C=O) groups excluding carboxylic acids is 1. The van der Waals surface area contributed by atoms with Crippen molar-refractivity contribution in [2.45, 2.75) is 13.1 Å². The molecule has 0 aliphatic carbocycles. The van der Waals surface area contributed by atoms with Crippen molar-refractivity contribution in [1.29, 1.82) is 0 Å². The van der Waals surface area contributed by atoms with Gasteiger partial charge in [0.15, 0.2) is 0 Å². The lowest BCUT2D eigenvalue weighted by atomic mass is 10.2. The van der Waals surface area contributed by atoms with E-state index in [-0.39, 0.29) is 21.7 Å². The number of para-hydroxylation sites is 2. The summed E-state index contributed by atoms with van der Waals surface area (Å²) in [5.41, 5.74) is 1.66. The Balaban J connectivity index is 2.16. The van der Waals surface area contributed by atoms with Crippen LogP contribution in [0.5, 0.6) is 0 Å². The van der Waals surface area contributed by atoms with Gasteiger partial charge in [0.05, 0.1) is 21.1 Å². The molecule has 0 amide bonds. The summed E-state index contributed by atoms with van der Waals surface area (Å²) in [4.78, 5) is 22.9. The van der Waals surface area contributed by atoms with Crippen molar-refractivity contribution in [3.63, 3.8) is 0 Å². The van der Waals surface area contributed by atoms with E-state index in [1.54, 1.807) is 25.1 Å². The fourth-order valence-corrected chi connectivity index (χ4v) is 2.82. The van der Waals surface area contributed by atoms with E-state index in [2.05, 4.69) is 14.8 Å². The van der Waals surface area contributed by atoms with Crippen molar-refractivity contribution in [3.05, 3.63) is 52.0 Å². The highest BCUT2D eigenvalue weighted by Gasteiger charge is 2.44. The normalized spacial score (nSPS) is 11.6. The van der Waals surface area contributed by atoms with Crippen LogP contribution in [0, 0.1) is 6.92 Å². The molecule has 0 atom stereocenters. The molecule has 0 saturated carbocycles. The lowest BCUT2D eigenvalue weighted by Crippen LogP contribution is -2.33. The molecule has 0 aliphatic heterocycles. The number of carbonyl (C=O) groups is 1. The number of nitrogens with zero attached hydrogens (tertiary/aromatic N) is 2. The van der Waals surface area contributed by atoms with Crippen LogP contribution in [0.2, 0.25) is 10.0 Å². The molecular formula is C16H10Cl2F3N3O2. The van der Waals surface area contributed by atoms with Crippen LogP contribution < -0.4 is 5.06 Å². The second kappa shape index (κ2) is 6.69. The molecule has 2 aromatic carbocycles. The third-order valence-corrected chi connectivity index (χ3v) is 4.05. The summed E-state index contributed by atoms with van der Waals surface area (Å²) in [5.74, 6) is -2.62. The molecule has 3 aromatic rings. The number of hydrogen-bond donors (Lipinski definition) is 1. The third kappa shape index (κ3) is 3.42. The first-order chi connectivity index (χ1) is 12.2. The summed E-state index contributed by atoms with van der Waals surface area (Å²) < 4.78 is 38.1. The van der Waals surface area contributed by atoms with E-state index in [0.29, 0.717) is 16.1 Å². The standard InChI is InChI=1S/C16H10Cl2F3N3O2/c1-8-4-2-7-11-12(8)23-15(22-11)24(26-14(25)16(19,20)21)13-9(17)5-3-6-10(13)18/h2-7H,1H3,(H,22,23). The molecule has 136 valence electrons. The number of rotatable bonds is 3. The van der Waals surface area contributed by atoms with Gasteiger partial charge in [-0.1, -0.05) is 41.4 Å². The number of nitrogens with one attached hydrogen (secondary N) is 1. The van der Waals surface area contributed by atoms with Crippen molar-refractivity contribution in [1.82, 2.24) is 9.97 Å². The smallest absolute Gasteiger partial charge is 0.324 e. The number of anilines is 2. The number of hydrogen-bond acceptors (Lipinski definition) is 4. The second-order valence-corrected chi connectivity index (χ2v) is 6.09. The zero-order valence-corrected chi connectivity index (χ0v) is 14.6. The van der Waals surface area contributed by atoms with Crippen LogP contribution in [-0.4, -0.2) is 22.1 Å². The minimum absolute atomic E-state index is 0.0235. The number of benzene rings is 2. The predicted octanol–water partition coefficient (Wildman–Crippen LogP) is 5.34. The van der Waals surface area contributed by atoms with E-state index in [1.165, 1.54) is 18.2 Å². The summed E-state index contributed by atoms with van der Waals surface area (Å²) >= 11 is 12.1. The molecule has 5 nitrogen and oxygen atoms in total. The molecule has 0 radical (unpaired) electrons. The van der Waals surface area contributed by atoms with Crippen LogP contribution >= 0.6 is 23.2 Å². The lowest BCUT2D eigenvalue weighted by Gasteiger charge is -2.22. The number of alkyl halides is 3. The average Bonchev–Trinajstić information content (AvgIpc) is 2.98. The van der Waals surface area contributed by atoms with Crippen LogP contribution in [0.25, 0.3) is 11.0 Å². The van der Waals surface area contributed by atoms with Gasteiger partial charge < -0.3 is 9.82 Å². The zero-order chi connectivity index (χ0) is 19.1. The highest BCUT2D eigenvalue weighted by molar-refractivity contribution is 6.39. The van der Waals surface area contributed by atoms with Gasteiger partial charge in [0.2, 0.25) is 5.95 Å². The fraction of sp³-hybridized carbons (Fsp3) is 0.125. The van der Waals surface area contributed by atoms with Gasteiger partial charge in [-0.15, -0.1) is 5.06 Å². The van der Waals surface area contributed by atoms with Crippen LogP contribution in [0.4, 0.5) is 24.8 Å². The molecule has 1 N–H and O–H groups in total. The molecule has 1 aromatic heterocycles. The number of fused-ring (bicyclic) bond motifs is 1. The monoisotopic (exact) mass is 403 g/mol. The highest BCUT2D eigenvalue weighted by atomic mass is 35.5. The molecule has 0 aliphatic rings. The van der Waals surface area contributed by atoms with Crippen LogP contribution in [0.15, 0.2) is 36.4 Å². The highest BCUT2D eigenvalue weighted by Crippen LogP contribution is 2.38. The van der Waals surface area contributed by atoms with Crippen molar-refractivity contribution in [3.8, 4) is 0 Å². The van der Waals surface area contributed by atoms with Crippen LogP contribution in [-0.2, 0) is 9.63 Å². The first kappa shape index (κ1) is 18.3. The van der Waals surface area contributed by atoms with Gasteiger partial charge in [-0.05, 0) is 30.7 Å². The molecule has 0 saturated heterocycles. The quantitative estimate of drug-likeness (QED) is 0.599. The Kier molecular flexibility index (Phi) is 4.72. The molecule has 1 heterocycles. The topological polar surface area (TPSA) is 58.2 Å². The molecule has 0 spiro atoms. The van der Waals surface area contributed by atoms with Crippen molar-refractivity contribution in [2.24, 2.45) is 0 Å². The van der Waals surface area contributed by atoms with E-state index in [0.717, 1.165) is 5.56 Å². The maximum Gasteiger partial charge on any atom is 0.493 e. The minimum Gasteiger partial charge on any atom is -0.324 e. The maximum absolute atomic E-state index is 12.7. The molecular weight excluding hydrogens is 394 g/mol. The Hall–Kier alpha value is -2.45. The van der Waals surface area contributed by atoms with Gasteiger partial charge in [0.1, 0.15) is 5.69 Å². The number of H-pyrrole nitrogens is 1. The molecule has 0 fully saturated rings. The van der Waals surface area contributed by atoms with E-state index in [4.69, 9.17) is 23.2 Å². The lowest BCUT2D eigenvalue weighted by molar-refractivity contribution is -0.199. The van der Waals surface area contributed by atoms with Gasteiger partial charge in [-0.3, -0.25) is 0 Å². The Bertz CT molecular complexity index is 968. The number of imidazole rings is 1. The third-order valence-electron chi connectivity index (χ3n) is 3.44. The molecule has 26 heavy (non-hydrogen) atoms. The summed E-state index contributed by atoms with van der Waals surface area (Å²) in [6.07, 6.45) is -5.21. The van der Waals surface area contributed by atoms with E-state index >= 15 is 0 Å². The number of aryl methyl sites for hydroxylation is 1. The Labute approximate surface area is 155 Å². The van der Waals surface area contributed by atoms with E-state index < -0.39 is 12.1 Å². The van der Waals surface area contributed by atoms with Crippen LogP contribution in [0.1, 0.15) is 5.56 Å². The molecule has 10 heteroatoms. The van der Waals surface area contributed by atoms with Crippen molar-refractivity contribution >= 4 is 51.8 Å². The predicted molar refractivity (Wildman–Crippen MR) is 91.6 cm³/mol. The number of aromatic nitrogens is 2. The van der Waals surface area contributed by atoms with Crippen molar-refractivity contribution < 1.29 is 22.8 Å². The summed E-state index contributed by atoms with van der Waals surface area (Å²) in [5, 5.41) is 0.495. The van der Waals surface area contributed by atoms with Gasteiger partial charge in [0, 0.05) is 0 Å². The van der Waals surface area contributed by atoms with Crippen molar-refractivity contribution in [2.75, 3.05) is 5.06 Å². The maximum atomic E-state index is 12.7. The first-order valence-corrected chi connectivity index (χ1v) is 7.92. The number of aromatic amines is 1. The van der Waals surface area contributed by atoms with Gasteiger partial charge in [-0.25, -0.2) is 9.78 Å². The summed E-state index contributed by atoms with van der Waals surface area (Å²) in [7, 11) is 0. The van der Waals surface area contributed by atoms with E-state index in [1.807, 2.05) is 0 Å². The largest absolute Gasteiger partial charge is 0.493 e. The molecule has 3 rings (SSSR count). The SMILES string of the molecule is Cc1cccc2[nH]c(N(OC(=O)C(F)(F)F)c3c(Cl)cccc3Cl)nc12. The first-order valence-electron chi connectivity index (χ1n) is 7.17. The summed E-state index contributed by atoms with van der Waals surface area (Å²) in [6, 6.07) is 9.49. The van der Waals surface area contributed by atoms with E-state index in [9.17, 15) is 18.0 Å². The molecule has 0 unspecified atom stereocenters. The van der Waals surface area contributed by atoms with Gasteiger partial charge in [-0.2, -0.15) is 13.2 Å². The van der Waals surface area contributed by atoms with Gasteiger partial charge in [0.25, 0.3) is 0 Å².